The van der Waals surface area contributed by atoms with E-state index in [-0.39, 0.29) is 22.9 Å². The van der Waals surface area contributed by atoms with Crippen molar-refractivity contribution < 1.29 is 19.4 Å². The molecule has 0 atom stereocenters. The Morgan fingerprint density at radius 3 is 2.65 bits per heavy atom. The van der Waals surface area contributed by atoms with Crippen molar-refractivity contribution in [1.29, 1.82) is 0 Å². The van der Waals surface area contributed by atoms with Gasteiger partial charge in [0.25, 0.3) is 0 Å². The molecule has 2 aromatic rings. The third kappa shape index (κ3) is 3.45. The molecule has 0 amide bonds. The van der Waals surface area contributed by atoms with Crippen LogP contribution in [0.1, 0.15) is 10.4 Å². The number of halogens is 2. The van der Waals surface area contributed by atoms with Gasteiger partial charge in [-0.15, -0.1) is 4.98 Å². The number of carboxylic acid groups (broad SMARTS) is 1. The quantitative estimate of drug-likeness (QED) is 0.779. The summed E-state index contributed by atoms with van der Waals surface area (Å²) in [6, 6.07) is 4.37. The number of ether oxygens (including phenoxy) is 2. The van der Waals surface area contributed by atoms with Gasteiger partial charge in [-0.1, -0.05) is 0 Å². The first-order valence-electron chi connectivity index (χ1n) is 5.16. The second kappa shape index (κ2) is 6.18. The third-order valence-electron chi connectivity index (χ3n) is 2.13. The molecule has 0 spiro atoms. The molecule has 1 heterocycles. The van der Waals surface area contributed by atoms with E-state index >= 15 is 0 Å². The lowest BCUT2D eigenvalue weighted by atomic mass is 10.2. The van der Waals surface area contributed by atoms with E-state index in [9.17, 15) is 4.79 Å². The molecule has 0 saturated heterocycles. The van der Waals surface area contributed by atoms with Gasteiger partial charge in [0.2, 0.25) is 5.28 Å². The van der Waals surface area contributed by atoms with E-state index in [1.165, 1.54) is 19.2 Å². The topological polar surface area (TPSA) is 94.4 Å². The Bertz CT molecular complexity index is 668. The van der Waals surface area contributed by atoms with Crippen LogP contribution in [0, 0.1) is 3.57 Å². The summed E-state index contributed by atoms with van der Waals surface area (Å²) in [5.41, 5.74) is 0.0903. The van der Waals surface area contributed by atoms with Crippen LogP contribution < -0.4 is 9.47 Å². The van der Waals surface area contributed by atoms with Crippen LogP contribution in [0.2, 0.25) is 5.28 Å². The van der Waals surface area contributed by atoms with Gasteiger partial charge < -0.3 is 14.6 Å². The lowest BCUT2D eigenvalue weighted by molar-refractivity contribution is 0.0696. The van der Waals surface area contributed by atoms with Crippen LogP contribution in [0.4, 0.5) is 0 Å². The van der Waals surface area contributed by atoms with Crippen molar-refractivity contribution in [3.05, 3.63) is 32.6 Å². The molecule has 0 saturated carbocycles. The number of methoxy groups -OCH3 is 1. The molecule has 7 nitrogen and oxygen atoms in total. The average molecular weight is 408 g/mol. The summed E-state index contributed by atoms with van der Waals surface area (Å²) in [4.78, 5) is 22.3. The van der Waals surface area contributed by atoms with E-state index in [1.54, 1.807) is 6.07 Å². The molecular weight excluding hydrogens is 400 g/mol. The Morgan fingerprint density at radius 1 is 1.30 bits per heavy atom. The Morgan fingerprint density at radius 2 is 2.00 bits per heavy atom. The predicted molar refractivity (Wildman–Crippen MR) is 77.6 cm³/mol. The van der Waals surface area contributed by atoms with Gasteiger partial charge in [-0.25, -0.2) is 4.79 Å². The molecule has 20 heavy (non-hydrogen) atoms. The molecule has 0 bridgehead atoms. The monoisotopic (exact) mass is 407 g/mol. The Balaban J connectivity index is 2.36. The normalized spacial score (nSPS) is 10.2. The summed E-state index contributed by atoms with van der Waals surface area (Å²) >= 11 is 7.70. The largest absolute Gasteiger partial charge is 0.478 e. The Hall–Kier alpha value is -1.68. The fraction of sp³-hybridized carbons (Fsp3) is 0.0909. The highest BCUT2D eigenvalue weighted by Crippen LogP contribution is 2.27. The molecule has 0 aliphatic heterocycles. The Kier molecular flexibility index (Phi) is 4.55. The lowest BCUT2D eigenvalue weighted by Gasteiger charge is -2.07. The molecule has 0 radical (unpaired) electrons. The number of hydrogen-bond donors (Lipinski definition) is 1. The second-order valence-electron chi connectivity index (χ2n) is 3.43. The molecule has 1 N–H and O–H groups in total. The van der Waals surface area contributed by atoms with Crippen molar-refractivity contribution in [2.75, 3.05) is 7.11 Å². The third-order valence-corrected chi connectivity index (χ3v) is 3.19. The summed E-state index contributed by atoms with van der Waals surface area (Å²) < 4.78 is 11.0. The first kappa shape index (κ1) is 14.7. The Labute approximate surface area is 132 Å². The molecule has 0 fully saturated rings. The van der Waals surface area contributed by atoms with E-state index in [0.717, 1.165) is 0 Å². The highest BCUT2D eigenvalue weighted by molar-refractivity contribution is 14.1. The summed E-state index contributed by atoms with van der Waals surface area (Å²) in [5.74, 6) is -0.757. The van der Waals surface area contributed by atoms with Gasteiger partial charge in [-0.05, 0) is 52.4 Å². The summed E-state index contributed by atoms with van der Waals surface area (Å²) in [6.07, 6.45) is 0. The van der Waals surface area contributed by atoms with E-state index in [4.69, 9.17) is 26.2 Å². The molecule has 1 aromatic heterocycles. The number of nitrogens with zero attached hydrogens (tertiary/aromatic N) is 3. The zero-order valence-corrected chi connectivity index (χ0v) is 12.9. The number of rotatable bonds is 4. The minimum atomic E-state index is -1.06. The molecule has 104 valence electrons. The standard InChI is InChI=1S/C11H7ClIN3O4/c1-19-10-14-9(12)15-11(16-10)20-7-4-5(8(17)18)2-3-6(7)13/h2-4H,1H3,(H,17,18). The SMILES string of the molecule is COc1nc(Cl)nc(Oc2cc(C(=O)O)ccc2I)n1. The zero-order chi connectivity index (χ0) is 14.7. The van der Waals surface area contributed by atoms with Gasteiger partial charge in [-0.3, -0.25) is 0 Å². The average Bonchev–Trinajstić information content (AvgIpc) is 2.40. The van der Waals surface area contributed by atoms with Crippen LogP contribution in [-0.4, -0.2) is 33.1 Å². The van der Waals surface area contributed by atoms with Gasteiger partial charge >= 0.3 is 18.0 Å². The predicted octanol–water partition coefficient (Wildman–Crippen LogP) is 2.63. The molecule has 0 aliphatic carbocycles. The van der Waals surface area contributed by atoms with Gasteiger partial charge in [0.1, 0.15) is 5.75 Å². The van der Waals surface area contributed by atoms with Crippen molar-refractivity contribution in [2.45, 2.75) is 0 Å². The molecule has 0 unspecified atom stereocenters. The fourth-order valence-electron chi connectivity index (χ4n) is 1.26. The van der Waals surface area contributed by atoms with E-state index in [2.05, 4.69) is 15.0 Å². The van der Waals surface area contributed by atoms with Gasteiger partial charge in [0.05, 0.1) is 16.2 Å². The molecule has 0 aliphatic rings. The minimum absolute atomic E-state index is 0.00407. The summed E-state index contributed by atoms with van der Waals surface area (Å²) in [7, 11) is 1.38. The summed E-state index contributed by atoms with van der Waals surface area (Å²) in [5, 5.41) is 8.87. The molecule has 9 heteroatoms. The van der Waals surface area contributed by atoms with Crippen LogP contribution in [0.5, 0.6) is 17.8 Å². The molecular formula is C11H7ClIN3O4. The van der Waals surface area contributed by atoms with Gasteiger partial charge in [-0.2, -0.15) is 9.97 Å². The maximum Gasteiger partial charge on any atom is 0.335 e. The number of benzene rings is 1. The number of aromatic carboxylic acids is 1. The molecule has 1 aromatic carbocycles. The number of hydrogen-bond acceptors (Lipinski definition) is 6. The zero-order valence-electron chi connectivity index (χ0n) is 10.0. The smallest absolute Gasteiger partial charge is 0.335 e. The van der Waals surface area contributed by atoms with Crippen molar-refractivity contribution in [3.63, 3.8) is 0 Å². The highest BCUT2D eigenvalue weighted by atomic mass is 127. The summed E-state index contributed by atoms with van der Waals surface area (Å²) in [6.45, 7) is 0. The first-order chi connectivity index (χ1) is 9.49. The maximum absolute atomic E-state index is 10.9. The van der Waals surface area contributed by atoms with E-state index < -0.39 is 5.97 Å². The maximum atomic E-state index is 10.9. The molecule has 2 rings (SSSR count). The lowest BCUT2D eigenvalue weighted by Crippen LogP contribution is -2.01. The number of aromatic nitrogens is 3. The fourth-order valence-corrected chi connectivity index (χ4v) is 1.85. The van der Waals surface area contributed by atoms with Gasteiger partial charge in [0, 0.05) is 0 Å². The number of carboxylic acids is 1. The van der Waals surface area contributed by atoms with E-state index in [0.29, 0.717) is 9.32 Å². The van der Waals surface area contributed by atoms with Crippen molar-refractivity contribution in [1.82, 2.24) is 15.0 Å². The van der Waals surface area contributed by atoms with Crippen LogP contribution in [-0.2, 0) is 0 Å². The van der Waals surface area contributed by atoms with Crippen molar-refractivity contribution in [2.24, 2.45) is 0 Å². The van der Waals surface area contributed by atoms with Crippen LogP contribution in [0.15, 0.2) is 18.2 Å². The van der Waals surface area contributed by atoms with Gasteiger partial charge in [0.15, 0.2) is 0 Å². The first-order valence-corrected chi connectivity index (χ1v) is 6.61. The second-order valence-corrected chi connectivity index (χ2v) is 4.93. The van der Waals surface area contributed by atoms with E-state index in [1.807, 2.05) is 22.6 Å². The minimum Gasteiger partial charge on any atom is -0.478 e. The van der Waals surface area contributed by atoms with Crippen LogP contribution in [0.25, 0.3) is 0 Å². The van der Waals surface area contributed by atoms with Crippen molar-refractivity contribution >= 4 is 40.2 Å². The highest BCUT2D eigenvalue weighted by Gasteiger charge is 2.12. The van der Waals surface area contributed by atoms with Crippen LogP contribution >= 0.6 is 34.2 Å². The number of carbonyl (C=O) groups is 1. The van der Waals surface area contributed by atoms with Crippen molar-refractivity contribution in [3.8, 4) is 17.8 Å². The van der Waals surface area contributed by atoms with Crippen LogP contribution in [0.3, 0.4) is 0 Å².